The maximum absolute atomic E-state index is 12.8. The minimum atomic E-state index is -0.0992. The van der Waals surface area contributed by atoms with Crippen molar-refractivity contribution in [1.82, 2.24) is 30.6 Å². The minimum absolute atomic E-state index is 0.0992. The zero-order valence-corrected chi connectivity index (χ0v) is 16.7. The van der Waals surface area contributed by atoms with Gasteiger partial charge in [0.05, 0.1) is 6.33 Å². The molecule has 3 aliphatic rings. The van der Waals surface area contributed by atoms with Crippen LogP contribution in [0.1, 0.15) is 51.1 Å². The number of aromatic nitrogens is 2. The average Bonchev–Trinajstić information content (AvgIpc) is 3.41. The third kappa shape index (κ3) is 4.07. The van der Waals surface area contributed by atoms with Crippen molar-refractivity contribution in [1.29, 1.82) is 0 Å². The molecule has 2 atom stereocenters. The minimum Gasteiger partial charge on any atom is -0.348 e. The Morgan fingerprint density at radius 1 is 1.29 bits per heavy atom. The van der Waals surface area contributed by atoms with E-state index in [1.54, 1.807) is 6.33 Å². The third-order valence-corrected chi connectivity index (χ3v) is 6.86. The van der Waals surface area contributed by atoms with Crippen LogP contribution in [0, 0.1) is 5.41 Å². The Labute approximate surface area is 166 Å². The van der Waals surface area contributed by atoms with Gasteiger partial charge in [0.2, 0.25) is 11.8 Å². The number of hydrazine groups is 1. The monoisotopic (exact) mass is 388 g/mol. The molecule has 4 rings (SSSR count). The van der Waals surface area contributed by atoms with E-state index in [0.717, 1.165) is 70.4 Å². The van der Waals surface area contributed by atoms with Gasteiger partial charge in [-0.3, -0.25) is 15.0 Å². The van der Waals surface area contributed by atoms with Crippen LogP contribution in [0.15, 0.2) is 12.5 Å². The highest BCUT2D eigenvalue weighted by molar-refractivity contribution is 5.82. The fraction of sp³-hybridized carbons (Fsp3) is 0.750. The Kier molecular flexibility index (Phi) is 5.68. The normalized spacial score (nSPS) is 27.5. The third-order valence-electron chi connectivity index (χ3n) is 6.86. The molecule has 4 heterocycles. The Morgan fingerprint density at radius 3 is 2.79 bits per heavy atom. The molecule has 154 valence electrons. The lowest BCUT2D eigenvalue weighted by atomic mass is 9.72. The van der Waals surface area contributed by atoms with E-state index in [-0.39, 0.29) is 23.3 Å². The standard InChI is InChI=1S/C20H32N6O2/c1-2-15-11-17(24-23-15)19(28)25-9-6-20(7-10-25)5-3-18(27)26(13-20)8-4-16-12-21-14-22-16/h12,14-15,17,23-24H,2-11,13H2,1H3,(H,21,22). The van der Waals surface area contributed by atoms with Gasteiger partial charge in [0.25, 0.3) is 0 Å². The summed E-state index contributed by atoms with van der Waals surface area (Å²) < 4.78 is 0. The first-order valence-electron chi connectivity index (χ1n) is 10.6. The number of piperidine rings is 2. The average molecular weight is 389 g/mol. The van der Waals surface area contributed by atoms with Crippen molar-refractivity contribution >= 4 is 11.8 Å². The van der Waals surface area contributed by atoms with E-state index >= 15 is 0 Å². The molecule has 8 nitrogen and oxygen atoms in total. The van der Waals surface area contributed by atoms with Gasteiger partial charge in [-0.15, -0.1) is 0 Å². The van der Waals surface area contributed by atoms with Gasteiger partial charge < -0.3 is 14.8 Å². The summed E-state index contributed by atoms with van der Waals surface area (Å²) in [5.74, 6) is 0.483. The number of nitrogens with zero attached hydrogens (tertiary/aromatic N) is 3. The molecule has 2 amide bonds. The smallest absolute Gasteiger partial charge is 0.241 e. The van der Waals surface area contributed by atoms with Gasteiger partial charge in [0.1, 0.15) is 6.04 Å². The quantitative estimate of drug-likeness (QED) is 0.695. The van der Waals surface area contributed by atoms with E-state index in [1.807, 2.05) is 16.0 Å². The topological polar surface area (TPSA) is 93.4 Å². The van der Waals surface area contributed by atoms with Gasteiger partial charge in [0, 0.05) is 57.0 Å². The molecule has 0 aromatic carbocycles. The number of carbonyl (C=O) groups is 2. The molecule has 1 aromatic rings. The Hall–Kier alpha value is -1.93. The Balaban J connectivity index is 1.30. The Bertz CT molecular complexity index is 683. The molecule has 8 heteroatoms. The predicted molar refractivity (Wildman–Crippen MR) is 105 cm³/mol. The highest BCUT2D eigenvalue weighted by Gasteiger charge is 2.42. The first-order chi connectivity index (χ1) is 13.6. The molecular formula is C20H32N6O2. The van der Waals surface area contributed by atoms with Gasteiger partial charge in [-0.05, 0) is 37.5 Å². The van der Waals surface area contributed by atoms with Crippen LogP contribution in [0.4, 0.5) is 0 Å². The van der Waals surface area contributed by atoms with Crippen LogP contribution < -0.4 is 10.9 Å². The van der Waals surface area contributed by atoms with Crippen molar-refractivity contribution in [2.45, 2.75) is 64.0 Å². The first-order valence-corrected chi connectivity index (χ1v) is 10.6. The number of amides is 2. The fourth-order valence-corrected chi connectivity index (χ4v) is 4.86. The number of hydrogen-bond donors (Lipinski definition) is 3. The van der Waals surface area contributed by atoms with E-state index in [1.165, 1.54) is 0 Å². The maximum atomic E-state index is 12.8. The molecule has 0 bridgehead atoms. The molecule has 0 saturated carbocycles. The Morgan fingerprint density at radius 2 is 2.11 bits per heavy atom. The van der Waals surface area contributed by atoms with Crippen LogP contribution in [0.5, 0.6) is 0 Å². The maximum Gasteiger partial charge on any atom is 0.241 e. The van der Waals surface area contributed by atoms with Crippen molar-refractivity contribution in [2.24, 2.45) is 5.41 Å². The van der Waals surface area contributed by atoms with Gasteiger partial charge in [-0.1, -0.05) is 6.92 Å². The van der Waals surface area contributed by atoms with Crippen LogP contribution in [0.3, 0.4) is 0 Å². The van der Waals surface area contributed by atoms with Crippen LogP contribution in [0.2, 0.25) is 0 Å². The molecule has 0 aliphatic carbocycles. The molecule has 3 saturated heterocycles. The molecule has 2 unspecified atom stereocenters. The number of hydrogen-bond acceptors (Lipinski definition) is 5. The fourth-order valence-electron chi connectivity index (χ4n) is 4.86. The van der Waals surface area contributed by atoms with Gasteiger partial charge in [0.15, 0.2) is 0 Å². The van der Waals surface area contributed by atoms with Gasteiger partial charge in [-0.2, -0.15) is 0 Å². The summed E-state index contributed by atoms with van der Waals surface area (Å²) in [6, 6.07) is 0.288. The molecular weight excluding hydrogens is 356 g/mol. The number of rotatable bonds is 5. The molecule has 28 heavy (non-hydrogen) atoms. The van der Waals surface area contributed by atoms with Crippen LogP contribution in [0.25, 0.3) is 0 Å². The molecule has 0 radical (unpaired) electrons. The second-order valence-electron chi connectivity index (χ2n) is 8.65. The van der Waals surface area contributed by atoms with E-state index in [9.17, 15) is 9.59 Å². The summed E-state index contributed by atoms with van der Waals surface area (Å²) >= 11 is 0. The highest BCUT2D eigenvalue weighted by atomic mass is 16.2. The summed E-state index contributed by atoms with van der Waals surface area (Å²) in [4.78, 5) is 36.4. The lowest BCUT2D eigenvalue weighted by Gasteiger charge is -2.47. The highest BCUT2D eigenvalue weighted by Crippen LogP contribution is 2.40. The molecule has 1 aromatic heterocycles. The molecule has 3 N–H and O–H groups in total. The van der Waals surface area contributed by atoms with Gasteiger partial charge in [-0.25, -0.2) is 10.4 Å². The van der Waals surface area contributed by atoms with Crippen LogP contribution in [-0.4, -0.2) is 69.8 Å². The number of carbonyl (C=O) groups excluding carboxylic acids is 2. The van der Waals surface area contributed by atoms with Crippen molar-refractivity contribution in [2.75, 3.05) is 26.2 Å². The van der Waals surface area contributed by atoms with E-state index in [2.05, 4.69) is 27.7 Å². The zero-order valence-electron chi connectivity index (χ0n) is 16.7. The van der Waals surface area contributed by atoms with E-state index in [0.29, 0.717) is 12.5 Å². The second kappa shape index (κ2) is 8.21. The summed E-state index contributed by atoms with van der Waals surface area (Å²) in [5.41, 5.74) is 7.63. The number of H-pyrrole nitrogens is 1. The summed E-state index contributed by atoms with van der Waals surface area (Å²) in [6.45, 7) is 5.30. The molecule has 3 fully saturated rings. The summed E-state index contributed by atoms with van der Waals surface area (Å²) in [6.07, 6.45) is 9.77. The number of nitrogens with one attached hydrogen (secondary N) is 3. The number of likely N-dealkylation sites (tertiary alicyclic amines) is 2. The molecule has 3 aliphatic heterocycles. The first kappa shape index (κ1) is 19.4. The van der Waals surface area contributed by atoms with Crippen molar-refractivity contribution in [3.8, 4) is 0 Å². The van der Waals surface area contributed by atoms with E-state index < -0.39 is 0 Å². The SMILES string of the molecule is CCC1CC(C(=O)N2CCC3(CCC(=O)N(CCc4cnc[nH]4)C3)CC2)NN1. The summed E-state index contributed by atoms with van der Waals surface area (Å²) in [7, 11) is 0. The van der Waals surface area contributed by atoms with Gasteiger partial charge >= 0.3 is 0 Å². The largest absolute Gasteiger partial charge is 0.348 e. The zero-order chi connectivity index (χ0) is 19.6. The van der Waals surface area contributed by atoms with Crippen molar-refractivity contribution in [3.63, 3.8) is 0 Å². The van der Waals surface area contributed by atoms with Crippen molar-refractivity contribution in [3.05, 3.63) is 18.2 Å². The lowest BCUT2D eigenvalue weighted by Crippen LogP contribution is -2.54. The number of imidazole rings is 1. The second-order valence-corrected chi connectivity index (χ2v) is 8.65. The van der Waals surface area contributed by atoms with Crippen molar-refractivity contribution < 1.29 is 9.59 Å². The van der Waals surface area contributed by atoms with Crippen LogP contribution in [-0.2, 0) is 16.0 Å². The lowest BCUT2D eigenvalue weighted by molar-refractivity contribution is -0.143. The van der Waals surface area contributed by atoms with Crippen LogP contribution >= 0.6 is 0 Å². The predicted octanol–water partition coefficient (Wildman–Crippen LogP) is 0.829. The molecule has 1 spiro atoms. The number of aromatic amines is 1. The van der Waals surface area contributed by atoms with E-state index in [4.69, 9.17) is 0 Å². The summed E-state index contributed by atoms with van der Waals surface area (Å²) in [5, 5.41) is 0.